The van der Waals surface area contributed by atoms with Gasteiger partial charge in [0.25, 0.3) is 5.91 Å². The van der Waals surface area contributed by atoms with E-state index in [-0.39, 0.29) is 31.4 Å². The average Bonchev–Trinajstić information content (AvgIpc) is 3.38. The number of aromatic nitrogens is 1. The number of hydrogen-bond acceptors (Lipinski definition) is 6. The number of hydrogen-bond donors (Lipinski definition) is 2. The number of carbonyl (C=O) groups is 3. The Kier molecular flexibility index (Phi) is 7.45. The molecule has 0 saturated carbocycles. The number of fused-ring (bicyclic) bond motifs is 3. The van der Waals surface area contributed by atoms with Crippen LogP contribution in [0.2, 0.25) is 0 Å². The van der Waals surface area contributed by atoms with Gasteiger partial charge in [-0.1, -0.05) is 48.5 Å². The minimum absolute atomic E-state index is 0.00295. The number of nitrogens with zero attached hydrogens (tertiary/aromatic N) is 2. The number of carboxylic acid groups (broad SMARTS) is 1. The molecule has 0 bridgehead atoms. The normalized spacial score (nSPS) is 12.1. The maximum atomic E-state index is 12.7. The highest BCUT2D eigenvalue weighted by molar-refractivity contribution is 7.11. The number of carbonyl (C=O) groups excluding carboxylic acids is 2. The molecule has 4 rings (SSSR count). The van der Waals surface area contributed by atoms with Crippen LogP contribution < -0.4 is 5.32 Å². The first-order chi connectivity index (χ1) is 16.8. The van der Waals surface area contributed by atoms with Crippen molar-refractivity contribution < 1.29 is 24.2 Å². The van der Waals surface area contributed by atoms with Gasteiger partial charge in [-0.05, 0) is 35.6 Å². The molecular weight excluding hydrogens is 466 g/mol. The summed E-state index contributed by atoms with van der Waals surface area (Å²) in [5, 5.41) is 12.1. The molecule has 0 unspecified atom stereocenters. The number of aryl methyl sites for hydroxylation is 1. The van der Waals surface area contributed by atoms with E-state index in [2.05, 4.69) is 34.6 Å². The lowest BCUT2D eigenvalue weighted by Crippen LogP contribution is -2.29. The lowest BCUT2D eigenvalue weighted by Gasteiger charge is -2.15. The third kappa shape index (κ3) is 5.51. The molecule has 1 aliphatic rings. The molecule has 3 aromatic rings. The SMILES string of the molecule is Cc1sc(CNC(=O)OCC2c3ccccc3-c3ccccc32)nc1C(=O)N(C)CCCC(=O)O. The Morgan fingerprint density at radius 3 is 2.34 bits per heavy atom. The summed E-state index contributed by atoms with van der Waals surface area (Å²) in [5.74, 6) is -1.18. The number of benzene rings is 2. The molecule has 0 saturated heterocycles. The number of carboxylic acids is 1. The van der Waals surface area contributed by atoms with Gasteiger partial charge in [0.2, 0.25) is 0 Å². The van der Waals surface area contributed by atoms with Crippen molar-refractivity contribution in [3.8, 4) is 11.1 Å². The Labute approximate surface area is 207 Å². The summed E-state index contributed by atoms with van der Waals surface area (Å²) in [4.78, 5) is 42.3. The molecule has 0 atom stereocenters. The van der Waals surface area contributed by atoms with E-state index in [1.165, 1.54) is 27.4 Å². The fraction of sp³-hybridized carbons (Fsp3) is 0.308. The topological polar surface area (TPSA) is 109 Å². The summed E-state index contributed by atoms with van der Waals surface area (Å²) in [5.41, 5.74) is 4.94. The summed E-state index contributed by atoms with van der Waals surface area (Å²) in [6.07, 6.45) is -0.168. The largest absolute Gasteiger partial charge is 0.481 e. The zero-order valence-corrected chi connectivity index (χ0v) is 20.4. The van der Waals surface area contributed by atoms with Crippen molar-refractivity contribution in [1.29, 1.82) is 0 Å². The van der Waals surface area contributed by atoms with Gasteiger partial charge in [0.1, 0.15) is 17.3 Å². The van der Waals surface area contributed by atoms with Gasteiger partial charge in [-0.3, -0.25) is 9.59 Å². The molecule has 0 fully saturated rings. The first kappa shape index (κ1) is 24.4. The second-order valence-corrected chi connectivity index (χ2v) is 9.70. The second kappa shape index (κ2) is 10.7. The third-order valence-electron chi connectivity index (χ3n) is 6.00. The molecule has 0 spiro atoms. The third-order valence-corrected chi connectivity index (χ3v) is 6.97. The van der Waals surface area contributed by atoms with Crippen molar-refractivity contribution in [3.05, 3.63) is 75.2 Å². The van der Waals surface area contributed by atoms with Crippen LogP contribution in [0, 0.1) is 6.92 Å². The summed E-state index contributed by atoms with van der Waals surface area (Å²) in [6, 6.07) is 16.3. The molecule has 2 amide bonds. The molecule has 0 aliphatic heterocycles. The molecule has 8 nitrogen and oxygen atoms in total. The van der Waals surface area contributed by atoms with E-state index in [0.717, 1.165) is 16.0 Å². The van der Waals surface area contributed by atoms with Gasteiger partial charge < -0.3 is 20.1 Å². The van der Waals surface area contributed by atoms with Crippen LogP contribution in [-0.2, 0) is 16.1 Å². The molecule has 1 aromatic heterocycles. The molecule has 35 heavy (non-hydrogen) atoms. The summed E-state index contributed by atoms with van der Waals surface area (Å²) in [6.45, 7) is 2.50. The minimum Gasteiger partial charge on any atom is -0.481 e. The lowest BCUT2D eigenvalue weighted by atomic mass is 9.98. The van der Waals surface area contributed by atoms with Crippen LogP contribution in [0.1, 0.15) is 50.3 Å². The average molecular weight is 494 g/mol. The molecule has 0 radical (unpaired) electrons. The maximum absolute atomic E-state index is 12.7. The molecule has 182 valence electrons. The van der Waals surface area contributed by atoms with Gasteiger partial charge in [-0.2, -0.15) is 0 Å². The van der Waals surface area contributed by atoms with E-state index in [9.17, 15) is 14.4 Å². The molecule has 2 aromatic carbocycles. The fourth-order valence-electron chi connectivity index (χ4n) is 4.27. The number of amides is 2. The quantitative estimate of drug-likeness (QED) is 0.457. The number of thiazole rings is 1. The Hall–Kier alpha value is -3.72. The zero-order valence-electron chi connectivity index (χ0n) is 19.6. The number of aliphatic carboxylic acids is 1. The Balaban J connectivity index is 1.31. The number of alkyl carbamates (subject to hydrolysis) is 1. The Bertz CT molecular complexity index is 1210. The van der Waals surface area contributed by atoms with Gasteiger partial charge in [0.15, 0.2) is 0 Å². The molecule has 9 heteroatoms. The van der Waals surface area contributed by atoms with Crippen LogP contribution in [0.4, 0.5) is 4.79 Å². The van der Waals surface area contributed by atoms with Crippen molar-refractivity contribution in [2.75, 3.05) is 20.2 Å². The van der Waals surface area contributed by atoms with Crippen LogP contribution in [0.5, 0.6) is 0 Å². The summed E-state index contributed by atoms with van der Waals surface area (Å²) < 4.78 is 5.55. The van der Waals surface area contributed by atoms with E-state index in [4.69, 9.17) is 9.84 Å². The predicted molar refractivity (Wildman–Crippen MR) is 133 cm³/mol. The molecule has 1 aliphatic carbocycles. The highest BCUT2D eigenvalue weighted by atomic mass is 32.1. The van der Waals surface area contributed by atoms with Gasteiger partial charge in [0.05, 0.1) is 6.54 Å². The van der Waals surface area contributed by atoms with Gasteiger partial charge in [-0.25, -0.2) is 9.78 Å². The van der Waals surface area contributed by atoms with Gasteiger partial charge in [-0.15, -0.1) is 11.3 Å². The second-order valence-electron chi connectivity index (χ2n) is 8.42. The first-order valence-corrected chi connectivity index (χ1v) is 12.2. The van der Waals surface area contributed by atoms with Crippen LogP contribution >= 0.6 is 11.3 Å². The van der Waals surface area contributed by atoms with E-state index < -0.39 is 12.1 Å². The van der Waals surface area contributed by atoms with Crippen molar-refractivity contribution in [1.82, 2.24) is 15.2 Å². The summed E-state index contributed by atoms with van der Waals surface area (Å²) >= 11 is 1.33. The van der Waals surface area contributed by atoms with Crippen molar-refractivity contribution >= 4 is 29.3 Å². The van der Waals surface area contributed by atoms with E-state index in [1.54, 1.807) is 14.0 Å². The number of nitrogens with one attached hydrogen (secondary N) is 1. The van der Waals surface area contributed by atoms with Crippen LogP contribution in [0.15, 0.2) is 48.5 Å². The van der Waals surface area contributed by atoms with E-state index in [0.29, 0.717) is 23.7 Å². The van der Waals surface area contributed by atoms with Crippen molar-refractivity contribution in [2.45, 2.75) is 32.2 Å². The van der Waals surface area contributed by atoms with Crippen LogP contribution in [-0.4, -0.2) is 53.2 Å². The smallest absolute Gasteiger partial charge is 0.407 e. The van der Waals surface area contributed by atoms with Crippen molar-refractivity contribution in [2.24, 2.45) is 0 Å². The summed E-state index contributed by atoms with van der Waals surface area (Å²) in [7, 11) is 1.62. The first-order valence-electron chi connectivity index (χ1n) is 11.4. The monoisotopic (exact) mass is 493 g/mol. The highest BCUT2D eigenvalue weighted by Crippen LogP contribution is 2.44. The van der Waals surface area contributed by atoms with Crippen molar-refractivity contribution in [3.63, 3.8) is 0 Å². The predicted octanol–water partition coefficient (Wildman–Crippen LogP) is 4.43. The molecule has 2 N–H and O–H groups in total. The Morgan fingerprint density at radius 1 is 1.09 bits per heavy atom. The lowest BCUT2D eigenvalue weighted by molar-refractivity contribution is -0.137. The molecular formula is C26H27N3O5S. The van der Waals surface area contributed by atoms with Gasteiger partial charge >= 0.3 is 12.1 Å². The van der Waals surface area contributed by atoms with Crippen LogP contribution in [0.3, 0.4) is 0 Å². The van der Waals surface area contributed by atoms with Gasteiger partial charge in [0, 0.05) is 30.8 Å². The minimum atomic E-state index is -0.891. The van der Waals surface area contributed by atoms with E-state index in [1.807, 2.05) is 24.3 Å². The number of ether oxygens (including phenoxy) is 1. The maximum Gasteiger partial charge on any atom is 0.407 e. The standard InChI is InChI=1S/C26H27N3O5S/c1-16-24(25(32)29(2)13-7-12-23(30)31)28-22(35-16)14-27-26(33)34-15-21-19-10-5-3-8-17(19)18-9-4-6-11-20(18)21/h3-6,8-11,21H,7,12-15H2,1-2H3,(H,27,33)(H,30,31). The zero-order chi connectivity index (χ0) is 24.9. The fourth-order valence-corrected chi connectivity index (χ4v) is 5.14. The number of rotatable bonds is 9. The van der Waals surface area contributed by atoms with Crippen LogP contribution in [0.25, 0.3) is 11.1 Å². The Morgan fingerprint density at radius 2 is 1.71 bits per heavy atom. The molecule has 1 heterocycles. The highest BCUT2D eigenvalue weighted by Gasteiger charge is 2.29. The van der Waals surface area contributed by atoms with E-state index >= 15 is 0 Å².